The van der Waals surface area contributed by atoms with E-state index in [1.807, 2.05) is 0 Å². The Balaban J connectivity index is 2.23. The molecule has 124 valence electrons. The number of benzene rings is 1. The van der Waals surface area contributed by atoms with Crippen LogP contribution in [0.15, 0.2) is 41.9 Å². The Labute approximate surface area is 133 Å². The quantitative estimate of drug-likeness (QED) is 0.768. The van der Waals surface area contributed by atoms with Crippen molar-refractivity contribution in [3.63, 3.8) is 0 Å². The minimum atomic E-state index is -5.24. The third-order valence-electron chi connectivity index (χ3n) is 3.19. The first kappa shape index (κ1) is 17.4. The lowest BCUT2D eigenvalue weighted by atomic mass is 9.87. The molecule has 0 spiro atoms. The fraction of sp³-hybridized carbons (Fsp3) is 0.286. The van der Waals surface area contributed by atoms with Crippen LogP contribution in [0.4, 0.5) is 13.2 Å². The number of aromatic nitrogens is 1. The van der Waals surface area contributed by atoms with Gasteiger partial charge in [-0.15, -0.1) is 11.3 Å². The van der Waals surface area contributed by atoms with Gasteiger partial charge in [-0.2, -0.15) is 13.2 Å². The van der Waals surface area contributed by atoms with Crippen molar-refractivity contribution in [3.05, 3.63) is 52.5 Å². The van der Waals surface area contributed by atoms with Crippen LogP contribution < -0.4 is 5.32 Å². The number of carbonyl (C=O) groups is 1. The van der Waals surface area contributed by atoms with Crippen molar-refractivity contribution in [2.24, 2.45) is 0 Å². The summed E-state index contributed by atoms with van der Waals surface area (Å²) in [6.45, 7) is -0.143. The van der Waals surface area contributed by atoms with E-state index in [4.69, 9.17) is 0 Å². The first-order chi connectivity index (χ1) is 10.8. The highest BCUT2D eigenvalue weighted by Gasteiger charge is 2.61. The standard InChI is InChI=1S/C14H13F3N2O3S/c15-14(16,17)13(22,9-4-2-1-3-5-9)11(20)12(21)19-8-10-18-6-7-23-10/h1-7,11,20,22H,8H2,(H,19,21). The van der Waals surface area contributed by atoms with Crippen molar-refractivity contribution in [1.82, 2.24) is 10.3 Å². The van der Waals surface area contributed by atoms with Crippen LogP contribution in [0.25, 0.3) is 0 Å². The number of alkyl halides is 3. The molecule has 0 aliphatic carbocycles. The molecule has 9 heteroatoms. The molecule has 2 aromatic rings. The summed E-state index contributed by atoms with van der Waals surface area (Å²) < 4.78 is 39.9. The van der Waals surface area contributed by atoms with Crippen molar-refractivity contribution in [3.8, 4) is 0 Å². The first-order valence-corrected chi connectivity index (χ1v) is 7.33. The molecule has 5 nitrogen and oxygen atoms in total. The van der Waals surface area contributed by atoms with Crippen LogP contribution in [0.1, 0.15) is 10.6 Å². The summed E-state index contributed by atoms with van der Waals surface area (Å²) in [5.74, 6) is -1.34. The van der Waals surface area contributed by atoms with Crippen LogP contribution in [0.3, 0.4) is 0 Å². The molecule has 2 rings (SSSR count). The number of hydrogen-bond donors (Lipinski definition) is 3. The van der Waals surface area contributed by atoms with E-state index in [9.17, 15) is 28.2 Å². The maximum atomic E-state index is 13.3. The lowest BCUT2D eigenvalue weighted by Crippen LogP contribution is -2.57. The third kappa shape index (κ3) is 3.52. The third-order valence-corrected chi connectivity index (χ3v) is 3.97. The predicted molar refractivity (Wildman–Crippen MR) is 76.4 cm³/mol. The largest absolute Gasteiger partial charge is 0.424 e. The van der Waals surface area contributed by atoms with E-state index in [-0.39, 0.29) is 6.54 Å². The second-order valence-electron chi connectivity index (χ2n) is 4.68. The molecule has 1 aromatic heterocycles. The Bertz CT molecular complexity index is 649. The van der Waals surface area contributed by atoms with Gasteiger partial charge in [0.2, 0.25) is 5.60 Å². The number of amides is 1. The van der Waals surface area contributed by atoms with Crippen LogP contribution in [0.5, 0.6) is 0 Å². The van der Waals surface area contributed by atoms with Crippen molar-refractivity contribution in [2.45, 2.75) is 24.4 Å². The van der Waals surface area contributed by atoms with E-state index in [0.717, 1.165) is 12.1 Å². The Morgan fingerprint density at radius 2 is 1.96 bits per heavy atom. The molecular weight excluding hydrogens is 333 g/mol. The van der Waals surface area contributed by atoms with E-state index in [1.165, 1.54) is 35.7 Å². The molecule has 1 heterocycles. The van der Waals surface area contributed by atoms with Gasteiger partial charge in [0, 0.05) is 11.6 Å². The SMILES string of the molecule is O=C(NCc1nccs1)C(O)C(O)(c1ccccc1)C(F)(F)F. The van der Waals surface area contributed by atoms with Gasteiger partial charge in [-0.1, -0.05) is 30.3 Å². The monoisotopic (exact) mass is 346 g/mol. The lowest BCUT2D eigenvalue weighted by Gasteiger charge is -2.34. The smallest absolute Gasteiger partial charge is 0.380 e. The van der Waals surface area contributed by atoms with Crippen molar-refractivity contribution < 1.29 is 28.2 Å². The number of thiazole rings is 1. The van der Waals surface area contributed by atoms with E-state index in [0.29, 0.717) is 5.01 Å². The summed E-state index contributed by atoms with van der Waals surface area (Å²) in [5.41, 5.74) is -4.33. The van der Waals surface area contributed by atoms with E-state index in [2.05, 4.69) is 10.3 Å². The Kier molecular flexibility index (Phi) is 5.03. The maximum absolute atomic E-state index is 13.3. The van der Waals surface area contributed by atoms with Gasteiger partial charge in [0.1, 0.15) is 5.01 Å². The van der Waals surface area contributed by atoms with Gasteiger partial charge in [0.05, 0.1) is 6.54 Å². The number of rotatable bonds is 5. The molecule has 0 aliphatic heterocycles. The Morgan fingerprint density at radius 3 is 2.48 bits per heavy atom. The fourth-order valence-corrected chi connectivity index (χ4v) is 2.51. The Morgan fingerprint density at radius 1 is 1.30 bits per heavy atom. The van der Waals surface area contributed by atoms with Gasteiger partial charge in [-0.05, 0) is 5.56 Å². The van der Waals surface area contributed by atoms with Crippen molar-refractivity contribution in [2.75, 3.05) is 0 Å². The lowest BCUT2D eigenvalue weighted by molar-refractivity contribution is -0.293. The zero-order valence-electron chi connectivity index (χ0n) is 11.6. The second kappa shape index (κ2) is 6.65. The average molecular weight is 346 g/mol. The van der Waals surface area contributed by atoms with Gasteiger partial charge in [0.25, 0.3) is 5.91 Å². The molecule has 0 radical (unpaired) electrons. The molecule has 1 amide bonds. The molecule has 1 aromatic carbocycles. The van der Waals surface area contributed by atoms with Gasteiger partial charge < -0.3 is 15.5 Å². The highest BCUT2D eigenvalue weighted by atomic mass is 32.1. The van der Waals surface area contributed by atoms with Crippen LogP contribution in [-0.2, 0) is 16.9 Å². The molecular formula is C14H13F3N2O3S. The van der Waals surface area contributed by atoms with Gasteiger partial charge in [-0.3, -0.25) is 4.79 Å². The molecule has 2 atom stereocenters. The van der Waals surface area contributed by atoms with Gasteiger partial charge >= 0.3 is 6.18 Å². The summed E-state index contributed by atoms with van der Waals surface area (Å²) in [6, 6.07) is 5.98. The fourth-order valence-electron chi connectivity index (χ4n) is 1.96. The zero-order valence-corrected chi connectivity index (χ0v) is 12.4. The van der Waals surface area contributed by atoms with E-state index >= 15 is 0 Å². The number of nitrogens with zero attached hydrogens (tertiary/aromatic N) is 1. The van der Waals surface area contributed by atoms with Gasteiger partial charge in [0.15, 0.2) is 6.10 Å². The topological polar surface area (TPSA) is 82.5 Å². The molecule has 0 saturated heterocycles. The summed E-state index contributed by atoms with van der Waals surface area (Å²) in [7, 11) is 0. The van der Waals surface area contributed by atoms with Crippen LogP contribution in [0.2, 0.25) is 0 Å². The van der Waals surface area contributed by atoms with Crippen molar-refractivity contribution >= 4 is 17.2 Å². The molecule has 0 aliphatic rings. The number of carbonyl (C=O) groups excluding carboxylic acids is 1. The first-order valence-electron chi connectivity index (χ1n) is 6.45. The maximum Gasteiger partial charge on any atom is 0.424 e. The molecule has 2 unspecified atom stereocenters. The predicted octanol–water partition coefficient (Wildman–Crippen LogP) is 1.57. The number of halogens is 3. The molecule has 3 N–H and O–H groups in total. The molecule has 0 fully saturated rings. The summed E-state index contributed by atoms with van der Waals surface area (Å²) >= 11 is 1.19. The average Bonchev–Trinajstić information content (AvgIpc) is 3.04. The minimum Gasteiger partial charge on any atom is -0.380 e. The molecule has 0 bridgehead atoms. The number of aliphatic hydroxyl groups excluding tert-OH is 1. The molecule has 23 heavy (non-hydrogen) atoms. The van der Waals surface area contributed by atoms with Crippen LogP contribution in [-0.4, -0.2) is 33.4 Å². The summed E-state index contributed by atoms with van der Waals surface area (Å²) in [5, 5.41) is 24.1. The molecule has 0 saturated carbocycles. The normalized spacial score (nSPS) is 15.7. The summed E-state index contributed by atoms with van der Waals surface area (Å²) in [6.07, 6.45) is -6.49. The van der Waals surface area contributed by atoms with Crippen molar-refractivity contribution in [1.29, 1.82) is 0 Å². The minimum absolute atomic E-state index is 0.143. The van der Waals surface area contributed by atoms with Gasteiger partial charge in [-0.25, -0.2) is 4.98 Å². The summed E-state index contributed by atoms with van der Waals surface area (Å²) in [4.78, 5) is 15.7. The van der Waals surface area contributed by atoms with Crippen LogP contribution >= 0.6 is 11.3 Å². The van der Waals surface area contributed by atoms with E-state index < -0.39 is 29.4 Å². The number of hydrogen-bond acceptors (Lipinski definition) is 5. The zero-order chi connectivity index (χ0) is 17.1. The number of nitrogens with one attached hydrogen (secondary N) is 1. The van der Waals surface area contributed by atoms with Crippen LogP contribution in [0, 0.1) is 0 Å². The second-order valence-corrected chi connectivity index (χ2v) is 5.66. The van der Waals surface area contributed by atoms with E-state index in [1.54, 1.807) is 5.38 Å². The Hall–Kier alpha value is -1.97. The highest BCUT2D eigenvalue weighted by Crippen LogP contribution is 2.41. The highest BCUT2D eigenvalue weighted by molar-refractivity contribution is 7.09. The number of aliphatic hydroxyl groups is 2.